The number of hydrogen-bond donors (Lipinski definition) is 2. The largest absolute Gasteiger partial charge is 0.481 e. The van der Waals surface area contributed by atoms with E-state index in [-0.39, 0.29) is 5.91 Å². The molecule has 5 rings (SSSR count). The lowest BCUT2D eigenvalue weighted by Gasteiger charge is -2.32. The predicted octanol–water partition coefficient (Wildman–Crippen LogP) is 2.11. The molecule has 1 saturated heterocycles. The van der Waals surface area contributed by atoms with Crippen LogP contribution in [0.15, 0.2) is 12.3 Å². The molecule has 154 valence electrons. The summed E-state index contributed by atoms with van der Waals surface area (Å²) >= 11 is 0. The maximum absolute atomic E-state index is 12.3. The van der Waals surface area contributed by atoms with Gasteiger partial charge in [-0.1, -0.05) is 6.92 Å². The lowest BCUT2D eigenvalue weighted by Crippen LogP contribution is -2.36. The Morgan fingerprint density at radius 2 is 2.10 bits per heavy atom. The summed E-state index contributed by atoms with van der Waals surface area (Å²) in [5.41, 5.74) is 5.27. The normalized spacial score (nSPS) is 19.9. The van der Waals surface area contributed by atoms with Crippen molar-refractivity contribution in [1.82, 2.24) is 20.1 Å². The summed E-state index contributed by atoms with van der Waals surface area (Å²) in [4.78, 5) is 28.4. The van der Waals surface area contributed by atoms with Gasteiger partial charge in [0.15, 0.2) is 0 Å². The predicted molar refractivity (Wildman–Crippen MR) is 109 cm³/mol. The zero-order chi connectivity index (χ0) is 20.5. The van der Waals surface area contributed by atoms with Gasteiger partial charge in [0.1, 0.15) is 11.5 Å². The van der Waals surface area contributed by atoms with E-state index in [1.165, 1.54) is 24.0 Å². The number of nitrogens with one attached hydrogen (secondary N) is 1. The van der Waals surface area contributed by atoms with Gasteiger partial charge in [-0.25, -0.2) is 4.98 Å². The van der Waals surface area contributed by atoms with Gasteiger partial charge in [0.25, 0.3) is 11.9 Å². The number of piperidine rings is 1. The van der Waals surface area contributed by atoms with Crippen LogP contribution in [0.2, 0.25) is 0 Å². The molecule has 0 radical (unpaired) electrons. The number of anilines is 1. The molecular formula is C21H27N5O3. The second-order valence-electron chi connectivity index (χ2n) is 8.07. The zero-order valence-electron chi connectivity index (χ0n) is 16.9. The van der Waals surface area contributed by atoms with E-state index in [0.29, 0.717) is 12.5 Å². The Hall–Kier alpha value is -2.90. The molecule has 2 N–H and O–H groups in total. The van der Waals surface area contributed by atoms with E-state index in [0.717, 1.165) is 62.2 Å². The maximum atomic E-state index is 12.3. The number of aryl methyl sites for hydroxylation is 1. The molecule has 0 aromatic carbocycles. The van der Waals surface area contributed by atoms with Crippen LogP contribution in [0.3, 0.4) is 0 Å². The molecular weight excluding hydrogens is 370 g/mol. The molecule has 8 nitrogen and oxygen atoms in total. The first-order valence-corrected chi connectivity index (χ1v) is 10.3. The molecule has 1 unspecified atom stereocenters. The third kappa shape index (κ3) is 3.83. The standard InChI is InChI=1S/C19H23N5O.C2H4O2/c1-12-3-2-7-23(11-12)16-9-15-13(10-21-16)4-5-14-17(15)22-24-8-6-20-19(25)18(14)24;1-2(3)4/h9-10,12H,2-8,11H2,1H3,(H,20,25);1H3,(H,3,4). The molecule has 29 heavy (non-hydrogen) atoms. The van der Waals surface area contributed by atoms with E-state index in [1.807, 2.05) is 10.9 Å². The lowest BCUT2D eigenvalue weighted by molar-refractivity contribution is -0.134. The number of carboxylic acid groups (broad SMARTS) is 1. The van der Waals surface area contributed by atoms with Crippen LogP contribution in [0.25, 0.3) is 11.3 Å². The number of fused-ring (bicyclic) bond motifs is 5. The van der Waals surface area contributed by atoms with Crippen LogP contribution in [-0.2, 0) is 24.2 Å². The van der Waals surface area contributed by atoms with Gasteiger partial charge < -0.3 is 15.3 Å². The number of amides is 1. The zero-order valence-corrected chi connectivity index (χ0v) is 16.9. The number of rotatable bonds is 1. The Balaban J connectivity index is 0.000000472. The van der Waals surface area contributed by atoms with E-state index >= 15 is 0 Å². The summed E-state index contributed by atoms with van der Waals surface area (Å²) in [7, 11) is 0. The van der Waals surface area contributed by atoms with Gasteiger partial charge in [0.05, 0.1) is 12.2 Å². The third-order valence-electron chi connectivity index (χ3n) is 5.73. The summed E-state index contributed by atoms with van der Waals surface area (Å²) in [6, 6.07) is 2.20. The van der Waals surface area contributed by atoms with Crippen molar-refractivity contribution in [3.8, 4) is 11.3 Å². The molecule has 0 saturated carbocycles. The smallest absolute Gasteiger partial charge is 0.300 e. The third-order valence-corrected chi connectivity index (χ3v) is 5.73. The average molecular weight is 397 g/mol. The number of carbonyl (C=O) groups excluding carboxylic acids is 1. The number of aromatic nitrogens is 3. The first-order chi connectivity index (χ1) is 13.9. The molecule has 2 aliphatic heterocycles. The topological polar surface area (TPSA) is 100 Å². The van der Waals surface area contributed by atoms with Crippen LogP contribution in [0.4, 0.5) is 5.82 Å². The molecule has 1 aliphatic carbocycles. The molecule has 1 atom stereocenters. The Morgan fingerprint density at radius 3 is 2.86 bits per heavy atom. The minimum Gasteiger partial charge on any atom is -0.481 e. The number of nitrogens with zero attached hydrogens (tertiary/aromatic N) is 4. The molecule has 8 heteroatoms. The van der Waals surface area contributed by atoms with Gasteiger partial charge in [-0.2, -0.15) is 5.10 Å². The molecule has 3 aliphatic rings. The molecule has 0 bridgehead atoms. The van der Waals surface area contributed by atoms with E-state index in [9.17, 15) is 4.79 Å². The van der Waals surface area contributed by atoms with Crippen LogP contribution >= 0.6 is 0 Å². The van der Waals surface area contributed by atoms with Crippen molar-refractivity contribution in [3.05, 3.63) is 29.1 Å². The van der Waals surface area contributed by atoms with Crippen LogP contribution in [0, 0.1) is 5.92 Å². The number of pyridine rings is 1. The van der Waals surface area contributed by atoms with Gasteiger partial charge in [-0.3, -0.25) is 14.3 Å². The van der Waals surface area contributed by atoms with Crippen molar-refractivity contribution in [2.24, 2.45) is 5.92 Å². The Morgan fingerprint density at radius 1 is 1.31 bits per heavy atom. The number of carbonyl (C=O) groups is 2. The fourth-order valence-corrected chi connectivity index (χ4v) is 4.45. The van der Waals surface area contributed by atoms with Gasteiger partial charge in [0, 0.05) is 43.9 Å². The summed E-state index contributed by atoms with van der Waals surface area (Å²) in [5, 5.41) is 15.2. The highest BCUT2D eigenvalue weighted by atomic mass is 16.4. The van der Waals surface area contributed by atoms with Crippen LogP contribution in [0.5, 0.6) is 0 Å². The molecule has 0 spiro atoms. The fraction of sp³-hybridized carbons (Fsp3) is 0.524. The van der Waals surface area contributed by atoms with Crippen molar-refractivity contribution >= 4 is 17.7 Å². The second-order valence-corrected chi connectivity index (χ2v) is 8.07. The van der Waals surface area contributed by atoms with Crippen LogP contribution < -0.4 is 10.2 Å². The van der Waals surface area contributed by atoms with Crippen LogP contribution in [-0.4, -0.2) is 51.4 Å². The SMILES string of the molecule is CC(=O)O.CC1CCCN(c2cc3c(cn2)CCc2c-3nn3c2C(=O)NCC3)C1. The molecule has 2 aromatic rings. The van der Waals surface area contributed by atoms with Crippen molar-refractivity contribution in [1.29, 1.82) is 0 Å². The van der Waals surface area contributed by atoms with Crippen LogP contribution in [0.1, 0.15) is 48.3 Å². The number of hydrogen-bond acceptors (Lipinski definition) is 5. The first-order valence-electron chi connectivity index (χ1n) is 10.3. The van der Waals surface area contributed by atoms with E-state index in [1.54, 1.807) is 0 Å². The minimum absolute atomic E-state index is 0.0163. The highest BCUT2D eigenvalue weighted by Crippen LogP contribution is 2.37. The minimum atomic E-state index is -0.833. The quantitative estimate of drug-likeness (QED) is 0.764. The second kappa shape index (κ2) is 7.85. The van der Waals surface area contributed by atoms with Gasteiger partial charge in [-0.15, -0.1) is 0 Å². The van der Waals surface area contributed by atoms with Crippen molar-refractivity contribution in [2.45, 2.75) is 46.1 Å². The monoisotopic (exact) mass is 397 g/mol. The molecule has 1 fully saturated rings. The average Bonchev–Trinajstić information content (AvgIpc) is 3.07. The Kier molecular flexibility index (Phi) is 5.25. The molecule has 4 heterocycles. The maximum Gasteiger partial charge on any atom is 0.300 e. The number of aliphatic carboxylic acids is 1. The lowest BCUT2D eigenvalue weighted by atomic mass is 9.89. The van der Waals surface area contributed by atoms with Crippen molar-refractivity contribution in [2.75, 3.05) is 24.5 Å². The Labute approximate surface area is 169 Å². The Bertz CT molecular complexity index is 948. The first kappa shape index (κ1) is 19.4. The van der Waals surface area contributed by atoms with Gasteiger partial charge in [0.2, 0.25) is 0 Å². The van der Waals surface area contributed by atoms with Crippen molar-refractivity contribution in [3.63, 3.8) is 0 Å². The highest BCUT2D eigenvalue weighted by Gasteiger charge is 2.31. The van der Waals surface area contributed by atoms with E-state index in [2.05, 4.69) is 23.2 Å². The summed E-state index contributed by atoms with van der Waals surface area (Å²) in [6.45, 7) is 6.95. The summed E-state index contributed by atoms with van der Waals surface area (Å²) < 4.78 is 1.89. The summed E-state index contributed by atoms with van der Waals surface area (Å²) in [6.07, 6.45) is 6.34. The molecule has 2 aromatic heterocycles. The van der Waals surface area contributed by atoms with E-state index in [4.69, 9.17) is 20.0 Å². The number of carboxylic acids is 1. The molecule has 1 amide bonds. The van der Waals surface area contributed by atoms with Gasteiger partial charge in [-0.05, 0) is 43.2 Å². The van der Waals surface area contributed by atoms with Gasteiger partial charge >= 0.3 is 0 Å². The van der Waals surface area contributed by atoms with E-state index < -0.39 is 5.97 Å². The highest BCUT2D eigenvalue weighted by molar-refractivity contribution is 5.97. The van der Waals surface area contributed by atoms with Crippen molar-refractivity contribution < 1.29 is 14.7 Å². The fourth-order valence-electron chi connectivity index (χ4n) is 4.45. The summed E-state index contributed by atoms with van der Waals surface area (Å²) in [5.74, 6) is 0.946.